The van der Waals surface area contributed by atoms with Crippen molar-refractivity contribution in [3.8, 4) is 0 Å². The van der Waals surface area contributed by atoms with Crippen LogP contribution in [0.25, 0.3) is 0 Å². The number of carbonyl (C=O) groups is 1. The minimum atomic E-state index is -0.234. The summed E-state index contributed by atoms with van der Waals surface area (Å²) in [7, 11) is 1.71. The summed E-state index contributed by atoms with van der Waals surface area (Å²) in [6, 6.07) is 8.40. The van der Waals surface area contributed by atoms with Gasteiger partial charge in [-0.2, -0.15) is 0 Å². The third-order valence-corrected chi connectivity index (χ3v) is 3.73. The first-order valence-corrected chi connectivity index (χ1v) is 8.37. The summed E-state index contributed by atoms with van der Waals surface area (Å²) in [5, 5.41) is 9.29. The molecule has 1 aromatic carbocycles. The Morgan fingerprint density at radius 1 is 1.08 bits per heavy atom. The van der Waals surface area contributed by atoms with Crippen LogP contribution in [-0.4, -0.2) is 37.5 Å². The normalized spacial score (nSPS) is 12.2. The maximum atomic E-state index is 11.9. The Hall–Kier alpha value is -1.31. The van der Waals surface area contributed by atoms with Gasteiger partial charge in [-0.3, -0.25) is 9.79 Å². The highest BCUT2D eigenvalue weighted by molar-refractivity contribution is 14.0. The van der Waals surface area contributed by atoms with Crippen molar-refractivity contribution in [3.63, 3.8) is 0 Å². The zero-order chi connectivity index (χ0) is 18.4. The molecular weight excluding hydrogens is 427 g/mol. The third kappa shape index (κ3) is 8.56. The maximum absolute atomic E-state index is 11.9. The van der Waals surface area contributed by atoms with Crippen molar-refractivity contribution in [2.75, 3.05) is 20.1 Å². The highest BCUT2D eigenvalue weighted by Crippen LogP contribution is 2.25. The van der Waals surface area contributed by atoms with Gasteiger partial charge in [0.15, 0.2) is 5.96 Å². The number of hydrogen-bond acceptors (Lipinski definition) is 2. The molecule has 0 aliphatic carbocycles. The summed E-state index contributed by atoms with van der Waals surface area (Å²) in [5.41, 5.74) is 2.30. The van der Waals surface area contributed by atoms with Crippen molar-refractivity contribution in [1.82, 2.24) is 16.0 Å². The largest absolute Gasteiger partial charge is 0.356 e. The molecule has 0 saturated carbocycles. The number of benzene rings is 1. The fourth-order valence-electron chi connectivity index (χ4n) is 2.58. The van der Waals surface area contributed by atoms with Gasteiger partial charge in [0.2, 0.25) is 5.91 Å². The van der Waals surface area contributed by atoms with Crippen molar-refractivity contribution >= 4 is 35.8 Å². The van der Waals surface area contributed by atoms with Crippen molar-refractivity contribution in [1.29, 1.82) is 0 Å². The van der Waals surface area contributed by atoms with Crippen molar-refractivity contribution in [2.24, 2.45) is 4.99 Å². The lowest BCUT2D eigenvalue weighted by Gasteiger charge is -2.28. The van der Waals surface area contributed by atoms with Crippen LogP contribution in [0.15, 0.2) is 29.3 Å². The van der Waals surface area contributed by atoms with Crippen LogP contribution >= 0.6 is 24.0 Å². The van der Waals surface area contributed by atoms with Gasteiger partial charge in [-0.15, -0.1) is 24.0 Å². The first-order valence-electron chi connectivity index (χ1n) is 8.37. The van der Waals surface area contributed by atoms with Gasteiger partial charge in [-0.25, -0.2) is 0 Å². The minimum Gasteiger partial charge on any atom is -0.356 e. The number of carbonyl (C=O) groups excluding carboxylic acids is 1. The van der Waals surface area contributed by atoms with E-state index in [1.54, 1.807) is 7.05 Å². The average molecular weight is 460 g/mol. The Kier molecular flexibility index (Phi) is 9.47. The van der Waals surface area contributed by atoms with E-state index in [0.717, 1.165) is 6.54 Å². The highest BCUT2D eigenvalue weighted by Gasteiger charge is 2.22. The molecule has 0 saturated heterocycles. The molecule has 0 atom stereocenters. The van der Waals surface area contributed by atoms with Gasteiger partial charge in [0.1, 0.15) is 0 Å². The van der Waals surface area contributed by atoms with Crippen molar-refractivity contribution < 1.29 is 4.79 Å². The molecule has 1 rings (SSSR count). The highest BCUT2D eigenvalue weighted by atomic mass is 127. The molecule has 6 heteroatoms. The van der Waals surface area contributed by atoms with Crippen LogP contribution in [0.5, 0.6) is 0 Å². The number of nitrogens with one attached hydrogen (secondary N) is 3. The Bertz CT molecular complexity index is 591. The first kappa shape index (κ1) is 23.7. The second-order valence-electron chi connectivity index (χ2n) is 7.78. The molecule has 0 radical (unpaired) electrons. The summed E-state index contributed by atoms with van der Waals surface area (Å²) < 4.78 is 0. The number of aliphatic imine (C=N–C) groups is 1. The number of hydrogen-bond donors (Lipinski definition) is 3. The van der Waals surface area contributed by atoms with E-state index in [-0.39, 0.29) is 47.4 Å². The summed E-state index contributed by atoms with van der Waals surface area (Å²) >= 11 is 0. The Morgan fingerprint density at radius 3 is 2.20 bits per heavy atom. The van der Waals surface area contributed by atoms with Crippen LogP contribution in [0, 0.1) is 6.92 Å². The molecule has 0 aliphatic heterocycles. The predicted octanol–water partition coefficient (Wildman–Crippen LogP) is 2.97. The lowest BCUT2D eigenvalue weighted by molar-refractivity contribution is -0.121. The smallest absolute Gasteiger partial charge is 0.239 e. The molecule has 0 aliphatic rings. The molecule has 0 fully saturated rings. The molecule has 1 amide bonds. The number of nitrogens with zero attached hydrogens (tertiary/aromatic N) is 1. The molecular formula is C19H33IN4O. The lowest BCUT2D eigenvalue weighted by atomic mass is 9.82. The van der Waals surface area contributed by atoms with Gasteiger partial charge in [-0.1, -0.05) is 38.1 Å². The average Bonchev–Trinajstić information content (AvgIpc) is 2.45. The molecule has 1 aromatic rings. The second kappa shape index (κ2) is 9.99. The summed E-state index contributed by atoms with van der Waals surface area (Å²) in [6.07, 6.45) is 0. The zero-order valence-electron chi connectivity index (χ0n) is 16.5. The van der Waals surface area contributed by atoms with E-state index in [1.165, 1.54) is 11.1 Å². The Labute approximate surface area is 169 Å². The van der Waals surface area contributed by atoms with E-state index < -0.39 is 0 Å². The monoisotopic (exact) mass is 460 g/mol. The van der Waals surface area contributed by atoms with Gasteiger partial charge in [0, 0.05) is 24.5 Å². The molecule has 25 heavy (non-hydrogen) atoms. The topological polar surface area (TPSA) is 65.5 Å². The quantitative estimate of drug-likeness (QED) is 0.360. The number of rotatable bonds is 5. The molecule has 142 valence electrons. The van der Waals surface area contributed by atoms with Gasteiger partial charge in [0.25, 0.3) is 0 Å². The summed E-state index contributed by atoms with van der Waals surface area (Å²) in [4.78, 5) is 16.1. The predicted molar refractivity (Wildman–Crippen MR) is 117 cm³/mol. The van der Waals surface area contributed by atoms with E-state index in [1.807, 2.05) is 20.8 Å². The van der Waals surface area contributed by atoms with Crippen LogP contribution in [-0.2, 0) is 10.2 Å². The van der Waals surface area contributed by atoms with Crippen LogP contribution in [0.3, 0.4) is 0 Å². The molecule has 0 unspecified atom stereocenters. The second-order valence-corrected chi connectivity index (χ2v) is 7.78. The molecule has 0 spiro atoms. The number of aryl methyl sites for hydroxylation is 1. The molecule has 0 bridgehead atoms. The number of halogens is 1. The fourth-order valence-corrected chi connectivity index (χ4v) is 2.58. The first-order chi connectivity index (χ1) is 11.0. The van der Waals surface area contributed by atoms with Crippen molar-refractivity contribution in [3.05, 3.63) is 35.4 Å². The van der Waals surface area contributed by atoms with Crippen LogP contribution in [0.2, 0.25) is 0 Å². The van der Waals surface area contributed by atoms with E-state index in [9.17, 15) is 4.79 Å². The molecule has 0 heterocycles. The van der Waals surface area contributed by atoms with Crippen LogP contribution in [0.1, 0.15) is 45.7 Å². The Morgan fingerprint density at radius 2 is 1.68 bits per heavy atom. The lowest BCUT2D eigenvalue weighted by Crippen LogP contribution is -2.49. The standard InChI is InChI=1S/C19H32N4O.HI/c1-14-10-8-9-11-15(14)19(5,6)13-22-17(20-7)21-12-16(24)23-18(2,3)4;/h8-11H,12-13H2,1-7H3,(H,23,24)(H2,20,21,22);1H. The van der Waals surface area contributed by atoms with E-state index in [2.05, 4.69) is 66.0 Å². The van der Waals surface area contributed by atoms with Gasteiger partial charge < -0.3 is 16.0 Å². The van der Waals surface area contributed by atoms with Gasteiger partial charge in [0.05, 0.1) is 6.54 Å². The summed E-state index contributed by atoms with van der Waals surface area (Å²) in [6.45, 7) is 13.3. The van der Waals surface area contributed by atoms with Crippen molar-refractivity contribution in [2.45, 2.75) is 52.5 Å². The maximum Gasteiger partial charge on any atom is 0.239 e. The van der Waals surface area contributed by atoms with Crippen LogP contribution in [0.4, 0.5) is 0 Å². The SMILES string of the molecule is CN=C(NCC(=O)NC(C)(C)C)NCC(C)(C)c1ccccc1C.I. The zero-order valence-corrected chi connectivity index (χ0v) is 18.8. The number of guanidine groups is 1. The molecule has 5 nitrogen and oxygen atoms in total. The van der Waals surface area contributed by atoms with Gasteiger partial charge >= 0.3 is 0 Å². The summed E-state index contributed by atoms with van der Waals surface area (Å²) in [5.74, 6) is 0.573. The van der Waals surface area contributed by atoms with Crippen LogP contribution < -0.4 is 16.0 Å². The Balaban J connectivity index is 0.00000576. The van der Waals surface area contributed by atoms with E-state index in [4.69, 9.17) is 0 Å². The van der Waals surface area contributed by atoms with E-state index >= 15 is 0 Å². The van der Waals surface area contributed by atoms with E-state index in [0.29, 0.717) is 5.96 Å². The molecule has 3 N–H and O–H groups in total. The van der Waals surface area contributed by atoms with Gasteiger partial charge in [-0.05, 0) is 38.8 Å². The number of amides is 1. The fraction of sp³-hybridized carbons (Fsp3) is 0.579. The third-order valence-electron chi connectivity index (χ3n) is 3.73. The molecule has 0 aromatic heterocycles. The minimum absolute atomic E-state index is 0.